The highest BCUT2D eigenvalue weighted by Crippen LogP contribution is 2.25. The molecule has 0 amide bonds. The lowest BCUT2D eigenvalue weighted by Crippen LogP contribution is -2.12. The number of aliphatic hydroxyl groups is 1. The average molecular weight is 256 g/mol. The molecule has 1 aromatic carbocycles. The van der Waals surface area contributed by atoms with Crippen LogP contribution in [0.4, 0.5) is 5.69 Å². The van der Waals surface area contributed by atoms with Crippen LogP contribution in [0.5, 0.6) is 0 Å². The second-order valence-corrected chi connectivity index (χ2v) is 3.85. The van der Waals surface area contributed by atoms with Crippen LogP contribution in [0.3, 0.4) is 0 Å². The van der Waals surface area contributed by atoms with Crippen molar-refractivity contribution in [2.75, 3.05) is 10.6 Å². The predicted octanol–water partition coefficient (Wildman–Crippen LogP) is 1.55. The second-order valence-electron chi connectivity index (χ2n) is 3.29. The summed E-state index contributed by atoms with van der Waals surface area (Å²) < 4.78 is 0. The average Bonchev–Trinajstić information content (AvgIpc) is 2.55. The number of alkyl halides is 1. The summed E-state index contributed by atoms with van der Waals surface area (Å²) in [6.07, 6.45) is 0.0537. The van der Waals surface area contributed by atoms with Crippen molar-refractivity contribution in [3.63, 3.8) is 0 Å². The SMILES string of the molecule is O=C(CBr)c1ccc2c(c1)CC(O)N2. The fraction of sp³-hybridized carbons (Fsp3) is 0.300. The third-order valence-corrected chi connectivity index (χ3v) is 2.79. The Morgan fingerprint density at radius 2 is 2.43 bits per heavy atom. The predicted molar refractivity (Wildman–Crippen MR) is 57.9 cm³/mol. The third kappa shape index (κ3) is 1.67. The molecule has 1 aliphatic rings. The van der Waals surface area contributed by atoms with Gasteiger partial charge in [-0.25, -0.2) is 0 Å². The van der Waals surface area contributed by atoms with Gasteiger partial charge in [-0.3, -0.25) is 4.79 Å². The van der Waals surface area contributed by atoms with Gasteiger partial charge in [0.25, 0.3) is 0 Å². The van der Waals surface area contributed by atoms with E-state index in [9.17, 15) is 9.90 Å². The summed E-state index contributed by atoms with van der Waals surface area (Å²) in [5.74, 6) is 0.0641. The molecule has 4 heteroatoms. The van der Waals surface area contributed by atoms with Crippen LogP contribution in [0.15, 0.2) is 18.2 Å². The Kier molecular flexibility index (Phi) is 2.56. The fourth-order valence-electron chi connectivity index (χ4n) is 1.59. The van der Waals surface area contributed by atoms with Crippen molar-refractivity contribution in [1.82, 2.24) is 0 Å². The van der Waals surface area contributed by atoms with E-state index in [0.717, 1.165) is 11.3 Å². The van der Waals surface area contributed by atoms with Crippen LogP contribution in [0.1, 0.15) is 15.9 Å². The highest BCUT2D eigenvalue weighted by atomic mass is 79.9. The van der Waals surface area contributed by atoms with E-state index >= 15 is 0 Å². The van der Waals surface area contributed by atoms with Gasteiger partial charge in [-0.2, -0.15) is 0 Å². The van der Waals surface area contributed by atoms with Crippen molar-refractivity contribution in [3.05, 3.63) is 29.3 Å². The first kappa shape index (κ1) is 9.68. The van der Waals surface area contributed by atoms with Crippen molar-refractivity contribution >= 4 is 27.4 Å². The molecule has 0 spiro atoms. The Balaban J connectivity index is 2.33. The van der Waals surface area contributed by atoms with Gasteiger partial charge in [0.2, 0.25) is 0 Å². The van der Waals surface area contributed by atoms with Crippen molar-refractivity contribution in [2.24, 2.45) is 0 Å². The Bertz CT molecular complexity index is 378. The maximum atomic E-state index is 11.4. The first-order chi connectivity index (χ1) is 6.70. The van der Waals surface area contributed by atoms with Gasteiger partial charge in [-0.05, 0) is 23.8 Å². The molecule has 1 aromatic rings. The molecule has 0 saturated carbocycles. The molecule has 0 radical (unpaired) electrons. The van der Waals surface area contributed by atoms with Crippen LogP contribution in [0.25, 0.3) is 0 Å². The molecule has 0 aromatic heterocycles. The minimum atomic E-state index is -0.515. The lowest BCUT2D eigenvalue weighted by molar-refractivity contribution is 0.102. The number of hydrogen-bond acceptors (Lipinski definition) is 3. The fourth-order valence-corrected chi connectivity index (χ4v) is 1.92. The number of ketones is 1. The van der Waals surface area contributed by atoms with Crippen LogP contribution in [-0.2, 0) is 6.42 Å². The van der Waals surface area contributed by atoms with Gasteiger partial charge < -0.3 is 10.4 Å². The molecular weight excluding hydrogens is 246 g/mol. The zero-order valence-electron chi connectivity index (χ0n) is 7.46. The largest absolute Gasteiger partial charge is 0.373 e. The molecule has 1 heterocycles. The number of halogens is 1. The molecule has 3 nitrogen and oxygen atoms in total. The summed E-state index contributed by atoms with van der Waals surface area (Å²) in [5, 5.41) is 12.6. The van der Waals surface area contributed by atoms with E-state index in [1.807, 2.05) is 12.1 Å². The Morgan fingerprint density at radius 3 is 3.14 bits per heavy atom. The monoisotopic (exact) mass is 255 g/mol. The molecule has 74 valence electrons. The summed E-state index contributed by atoms with van der Waals surface area (Å²) >= 11 is 3.13. The van der Waals surface area contributed by atoms with Crippen LogP contribution in [0.2, 0.25) is 0 Å². The quantitative estimate of drug-likeness (QED) is 0.623. The first-order valence-electron chi connectivity index (χ1n) is 4.37. The van der Waals surface area contributed by atoms with Crippen molar-refractivity contribution < 1.29 is 9.90 Å². The lowest BCUT2D eigenvalue weighted by Gasteiger charge is -2.02. The molecular formula is C10H10BrNO2. The zero-order valence-corrected chi connectivity index (χ0v) is 9.04. The van der Waals surface area contributed by atoms with Crippen LogP contribution in [-0.4, -0.2) is 22.4 Å². The van der Waals surface area contributed by atoms with E-state index in [1.54, 1.807) is 6.07 Å². The highest BCUT2D eigenvalue weighted by Gasteiger charge is 2.18. The van der Waals surface area contributed by atoms with Gasteiger partial charge in [0.15, 0.2) is 5.78 Å². The minimum Gasteiger partial charge on any atom is -0.373 e. The van der Waals surface area contributed by atoms with Crippen LogP contribution in [0, 0.1) is 0 Å². The second kappa shape index (κ2) is 3.71. The van der Waals surface area contributed by atoms with Crippen molar-refractivity contribution in [2.45, 2.75) is 12.6 Å². The number of fused-ring (bicyclic) bond motifs is 1. The summed E-state index contributed by atoms with van der Waals surface area (Å²) in [4.78, 5) is 11.4. The third-order valence-electron chi connectivity index (χ3n) is 2.28. The number of benzene rings is 1. The topological polar surface area (TPSA) is 49.3 Å². The van der Waals surface area contributed by atoms with E-state index in [-0.39, 0.29) is 5.78 Å². The van der Waals surface area contributed by atoms with Crippen molar-refractivity contribution in [3.8, 4) is 0 Å². The summed E-state index contributed by atoms with van der Waals surface area (Å²) in [5.41, 5.74) is 2.62. The van der Waals surface area contributed by atoms with Gasteiger partial charge in [-0.15, -0.1) is 0 Å². The minimum absolute atomic E-state index is 0.0641. The summed E-state index contributed by atoms with van der Waals surface area (Å²) in [6.45, 7) is 0. The number of carbonyl (C=O) groups excluding carboxylic acids is 1. The Labute approximate surface area is 90.3 Å². The summed E-state index contributed by atoms with van der Waals surface area (Å²) in [7, 11) is 0. The number of carbonyl (C=O) groups is 1. The van der Waals surface area contributed by atoms with Gasteiger partial charge >= 0.3 is 0 Å². The molecule has 0 aliphatic carbocycles. The number of Topliss-reactive ketones (excluding diaryl/α,β-unsaturated/α-hetero) is 1. The Morgan fingerprint density at radius 1 is 1.64 bits per heavy atom. The molecule has 1 atom stereocenters. The smallest absolute Gasteiger partial charge is 0.173 e. The van der Waals surface area contributed by atoms with Gasteiger partial charge in [-0.1, -0.05) is 15.9 Å². The molecule has 1 aliphatic heterocycles. The number of nitrogens with one attached hydrogen (secondary N) is 1. The highest BCUT2D eigenvalue weighted by molar-refractivity contribution is 9.09. The summed E-state index contributed by atoms with van der Waals surface area (Å²) in [6, 6.07) is 5.44. The van der Waals surface area contributed by atoms with Crippen LogP contribution >= 0.6 is 15.9 Å². The van der Waals surface area contributed by atoms with Gasteiger partial charge in [0, 0.05) is 17.7 Å². The molecule has 14 heavy (non-hydrogen) atoms. The van der Waals surface area contributed by atoms with E-state index in [1.165, 1.54) is 0 Å². The number of aliphatic hydroxyl groups excluding tert-OH is 1. The number of anilines is 1. The Hall–Kier alpha value is -0.870. The van der Waals surface area contributed by atoms with E-state index < -0.39 is 6.23 Å². The zero-order chi connectivity index (χ0) is 10.1. The molecule has 2 N–H and O–H groups in total. The molecule has 1 unspecified atom stereocenters. The standard InChI is InChI=1S/C10H10BrNO2/c11-5-9(13)6-1-2-8-7(3-6)4-10(14)12-8/h1-3,10,12,14H,4-5H2. The van der Waals surface area contributed by atoms with E-state index in [0.29, 0.717) is 17.3 Å². The molecule has 2 rings (SSSR count). The van der Waals surface area contributed by atoms with Gasteiger partial charge in [0.1, 0.15) is 6.23 Å². The molecule has 0 saturated heterocycles. The lowest BCUT2D eigenvalue weighted by atomic mass is 10.1. The van der Waals surface area contributed by atoms with E-state index in [4.69, 9.17) is 0 Å². The molecule has 0 fully saturated rings. The maximum absolute atomic E-state index is 11.4. The number of rotatable bonds is 2. The molecule has 0 bridgehead atoms. The normalized spacial score (nSPS) is 18.9. The first-order valence-corrected chi connectivity index (χ1v) is 5.49. The van der Waals surface area contributed by atoms with Crippen molar-refractivity contribution in [1.29, 1.82) is 0 Å². The van der Waals surface area contributed by atoms with Gasteiger partial charge in [0.05, 0.1) is 5.33 Å². The van der Waals surface area contributed by atoms with E-state index in [2.05, 4.69) is 21.2 Å². The van der Waals surface area contributed by atoms with Crippen LogP contribution < -0.4 is 5.32 Å². The number of hydrogen-bond donors (Lipinski definition) is 2. The maximum Gasteiger partial charge on any atom is 0.173 e.